The van der Waals surface area contributed by atoms with Crippen molar-refractivity contribution < 1.29 is 24.2 Å². The van der Waals surface area contributed by atoms with Crippen molar-refractivity contribution >= 4 is 17.5 Å². The number of aliphatic hydroxyl groups excluding tert-OH is 1. The van der Waals surface area contributed by atoms with Gasteiger partial charge in [-0.2, -0.15) is 0 Å². The average molecular weight is 609 g/mol. The van der Waals surface area contributed by atoms with Crippen LogP contribution >= 0.6 is 0 Å². The third kappa shape index (κ3) is 8.47. The fourth-order valence-electron chi connectivity index (χ4n) is 5.40. The topological polar surface area (TPSA) is 104 Å². The van der Waals surface area contributed by atoms with E-state index in [1.807, 2.05) is 55.5 Å². The molecule has 3 aromatic carbocycles. The zero-order valence-electron chi connectivity index (χ0n) is 25.9. The number of pyridine rings is 1. The summed E-state index contributed by atoms with van der Waals surface area (Å²) in [4.78, 5) is 34.2. The Kier molecular flexibility index (Phi) is 10.4. The van der Waals surface area contributed by atoms with Gasteiger partial charge in [0.25, 0.3) is 5.91 Å². The monoisotopic (exact) mass is 608 g/mol. The predicted octanol–water partition coefficient (Wildman–Crippen LogP) is 5.41. The molecule has 2 amide bonds. The number of carbonyl (C=O) groups excluding carboxylic acids is 2. The molecule has 1 aliphatic rings. The molecule has 2 N–H and O–H groups in total. The maximum Gasteiger partial charge on any atom is 0.255 e. The molecular formula is C36H40N4O5. The van der Waals surface area contributed by atoms with Crippen LogP contribution in [0.25, 0.3) is 0 Å². The van der Waals surface area contributed by atoms with Gasteiger partial charge in [-0.25, -0.2) is 0 Å². The lowest BCUT2D eigenvalue weighted by Crippen LogP contribution is -2.47. The standard InChI is InChI=1S/C36H40N4O5/c1-25-21-40(26(2)24-41)35(42)20-29-19-30(38-36(43)28-15-17-37-18-16-28)11-14-33(29)45-34(25)23-39(3)22-27-9-12-32(13-10-27)44-31-7-5-4-6-8-31/h4-19,25-26,34,41H,20-24H2,1-3H3,(H,38,43)/t25-,26-,34-/m0/s1. The number of nitrogens with one attached hydrogen (secondary N) is 1. The number of para-hydroxylation sites is 1. The van der Waals surface area contributed by atoms with Gasteiger partial charge in [-0.15, -0.1) is 0 Å². The highest BCUT2D eigenvalue weighted by Gasteiger charge is 2.31. The number of amides is 2. The van der Waals surface area contributed by atoms with Crippen molar-refractivity contribution in [2.45, 2.75) is 39.0 Å². The molecule has 0 spiro atoms. The number of fused-ring (bicyclic) bond motifs is 1. The van der Waals surface area contributed by atoms with Crippen LogP contribution in [0, 0.1) is 5.92 Å². The summed E-state index contributed by atoms with van der Waals surface area (Å²) in [6, 6.07) is 26.1. The Labute approximate surface area is 264 Å². The van der Waals surface area contributed by atoms with Gasteiger partial charge in [-0.05, 0) is 74.1 Å². The normalized spacial score (nSPS) is 17.4. The largest absolute Gasteiger partial charge is 0.488 e. The number of hydrogen-bond acceptors (Lipinski definition) is 7. The summed E-state index contributed by atoms with van der Waals surface area (Å²) < 4.78 is 12.6. The highest BCUT2D eigenvalue weighted by Crippen LogP contribution is 2.30. The number of rotatable bonds is 10. The molecule has 0 aliphatic carbocycles. The second-order valence-electron chi connectivity index (χ2n) is 11.7. The van der Waals surface area contributed by atoms with Crippen LogP contribution in [0.4, 0.5) is 5.69 Å². The molecule has 9 nitrogen and oxygen atoms in total. The minimum atomic E-state index is -0.342. The van der Waals surface area contributed by atoms with Crippen LogP contribution < -0.4 is 14.8 Å². The maximum atomic E-state index is 13.5. The molecular weight excluding hydrogens is 568 g/mol. The molecule has 0 unspecified atom stereocenters. The molecule has 0 fully saturated rings. The Morgan fingerprint density at radius 3 is 2.49 bits per heavy atom. The van der Waals surface area contributed by atoms with Crippen molar-refractivity contribution in [1.29, 1.82) is 0 Å². The Hall–Kier alpha value is -4.73. The highest BCUT2D eigenvalue weighted by molar-refractivity contribution is 6.04. The summed E-state index contributed by atoms with van der Waals surface area (Å²) in [5, 5.41) is 12.9. The average Bonchev–Trinajstić information content (AvgIpc) is 3.09. The number of nitrogens with zero attached hydrogens (tertiary/aromatic N) is 3. The lowest BCUT2D eigenvalue weighted by atomic mass is 10.0. The molecule has 1 aromatic heterocycles. The molecule has 1 aliphatic heterocycles. The van der Waals surface area contributed by atoms with Gasteiger partial charge in [0.2, 0.25) is 5.91 Å². The number of carbonyl (C=O) groups is 2. The first-order chi connectivity index (χ1) is 21.8. The van der Waals surface area contributed by atoms with Gasteiger partial charge in [0, 0.05) is 54.8 Å². The van der Waals surface area contributed by atoms with E-state index in [4.69, 9.17) is 9.47 Å². The van der Waals surface area contributed by atoms with Crippen molar-refractivity contribution in [2.24, 2.45) is 5.92 Å². The summed E-state index contributed by atoms with van der Waals surface area (Å²) in [6.07, 6.45) is 2.98. The van der Waals surface area contributed by atoms with Crippen molar-refractivity contribution in [2.75, 3.05) is 32.1 Å². The number of aliphatic hydroxyl groups is 1. The van der Waals surface area contributed by atoms with Crippen molar-refractivity contribution in [1.82, 2.24) is 14.8 Å². The Bertz CT molecular complexity index is 1570. The SMILES string of the molecule is C[C@H]1CN([C@@H](C)CO)C(=O)Cc2cc(NC(=O)c3ccncc3)ccc2O[C@H]1CN(C)Cc1ccc(Oc2ccccc2)cc1. The van der Waals surface area contributed by atoms with E-state index in [-0.39, 0.29) is 42.9 Å². The van der Waals surface area contributed by atoms with E-state index in [0.717, 1.165) is 17.1 Å². The fourth-order valence-corrected chi connectivity index (χ4v) is 5.40. The van der Waals surface area contributed by atoms with Crippen LogP contribution in [0.3, 0.4) is 0 Å². The zero-order valence-corrected chi connectivity index (χ0v) is 25.9. The molecule has 3 atom stereocenters. The number of ether oxygens (including phenoxy) is 2. The second kappa shape index (κ2) is 14.8. The molecule has 2 heterocycles. The Morgan fingerprint density at radius 2 is 1.78 bits per heavy atom. The van der Waals surface area contributed by atoms with E-state index >= 15 is 0 Å². The maximum absolute atomic E-state index is 13.5. The third-order valence-corrected chi connectivity index (χ3v) is 7.96. The molecule has 0 radical (unpaired) electrons. The Balaban J connectivity index is 1.32. The second-order valence-corrected chi connectivity index (χ2v) is 11.7. The molecule has 0 bridgehead atoms. The van der Waals surface area contributed by atoms with Crippen LogP contribution in [0.2, 0.25) is 0 Å². The van der Waals surface area contributed by atoms with E-state index in [1.165, 1.54) is 0 Å². The molecule has 4 aromatic rings. The fraction of sp³-hybridized carbons (Fsp3) is 0.306. The van der Waals surface area contributed by atoms with Gasteiger partial charge >= 0.3 is 0 Å². The van der Waals surface area contributed by atoms with Gasteiger partial charge in [0.15, 0.2) is 0 Å². The summed E-state index contributed by atoms with van der Waals surface area (Å²) in [6.45, 7) is 5.54. The number of aromatic nitrogens is 1. The smallest absolute Gasteiger partial charge is 0.255 e. The minimum Gasteiger partial charge on any atom is -0.488 e. The van der Waals surface area contributed by atoms with Crippen molar-refractivity contribution in [3.63, 3.8) is 0 Å². The van der Waals surface area contributed by atoms with E-state index in [9.17, 15) is 14.7 Å². The molecule has 45 heavy (non-hydrogen) atoms. The number of hydrogen-bond donors (Lipinski definition) is 2. The highest BCUT2D eigenvalue weighted by atomic mass is 16.5. The molecule has 0 saturated heterocycles. The van der Waals surface area contributed by atoms with Crippen molar-refractivity contribution in [3.8, 4) is 17.2 Å². The quantitative estimate of drug-likeness (QED) is 0.248. The van der Waals surface area contributed by atoms with Gasteiger partial charge in [-0.1, -0.05) is 37.3 Å². The van der Waals surface area contributed by atoms with Crippen LogP contribution in [0.15, 0.2) is 97.3 Å². The molecule has 234 valence electrons. The molecule has 0 saturated carbocycles. The van der Waals surface area contributed by atoms with Crippen LogP contribution in [-0.4, -0.2) is 70.6 Å². The number of benzene rings is 3. The third-order valence-electron chi connectivity index (χ3n) is 7.96. The number of likely N-dealkylation sites (N-methyl/N-ethyl adjacent to an activating group) is 1. The lowest BCUT2D eigenvalue weighted by Gasteiger charge is -2.34. The minimum absolute atomic E-state index is 0.0240. The Morgan fingerprint density at radius 1 is 1.07 bits per heavy atom. The first kappa shape index (κ1) is 31.7. The summed E-state index contributed by atoms with van der Waals surface area (Å²) in [5.74, 6) is 1.78. The van der Waals surface area contributed by atoms with Crippen LogP contribution in [0.1, 0.15) is 35.3 Å². The van der Waals surface area contributed by atoms with E-state index < -0.39 is 0 Å². The van der Waals surface area contributed by atoms with E-state index in [2.05, 4.69) is 41.3 Å². The van der Waals surface area contributed by atoms with Gasteiger partial charge < -0.3 is 24.8 Å². The lowest BCUT2D eigenvalue weighted by molar-refractivity contribution is -0.134. The van der Waals surface area contributed by atoms with Gasteiger partial charge in [0.1, 0.15) is 23.4 Å². The summed E-state index contributed by atoms with van der Waals surface area (Å²) >= 11 is 0. The van der Waals surface area contributed by atoms with Crippen molar-refractivity contribution in [3.05, 3.63) is 114 Å². The number of anilines is 1. The van der Waals surface area contributed by atoms with E-state index in [0.29, 0.717) is 42.2 Å². The summed E-state index contributed by atoms with van der Waals surface area (Å²) in [7, 11) is 2.05. The summed E-state index contributed by atoms with van der Waals surface area (Å²) in [5.41, 5.74) is 2.86. The van der Waals surface area contributed by atoms with Gasteiger partial charge in [0.05, 0.1) is 19.1 Å². The first-order valence-electron chi connectivity index (χ1n) is 15.2. The molecule has 9 heteroatoms. The first-order valence-corrected chi connectivity index (χ1v) is 15.2. The van der Waals surface area contributed by atoms with Crippen LogP contribution in [-0.2, 0) is 17.8 Å². The molecule has 5 rings (SSSR count). The van der Waals surface area contributed by atoms with E-state index in [1.54, 1.807) is 41.6 Å². The van der Waals surface area contributed by atoms with Gasteiger partial charge in [-0.3, -0.25) is 19.5 Å². The predicted molar refractivity (Wildman–Crippen MR) is 173 cm³/mol. The zero-order chi connectivity index (χ0) is 31.8. The van der Waals surface area contributed by atoms with Crippen LogP contribution in [0.5, 0.6) is 17.2 Å².